The number of anilines is 4. The zero-order valence-electron chi connectivity index (χ0n) is 18.7. The van der Waals surface area contributed by atoms with Gasteiger partial charge in [0, 0.05) is 16.8 Å². The van der Waals surface area contributed by atoms with Gasteiger partial charge in [-0.2, -0.15) is 0 Å². The summed E-state index contributed by atoms with van der Waals surface area (Å²) >= 11 is 0. The maximum absolute atomic E-state index is 12.6. The SMILES string of the molecule is COc1ccc(NC(=O)Nc2cccc3cccc(NC(=O)Nc4ccc(OC)cc4)c23)cc1. The van der Waals surface area contributed by atoms with Gasteiger partial charge in [0.15, 0.2) is 0 Å². The molecule has 0 bridgehead atoms. The summed E-state index contributed by atoms with van der Waals surface area (Å²) in [7, 11) is 3.16. The molecular weight excluding hydrogens is 432 g/mol. The summed E-state index contributed by atoms with van der Waals surface area (Å²) in [6, 6.07) is 24.3. The third-order valence-electron chi connectivity index (χ3n) is 5.10. The first-order valence-corrected chi connectivity index (χ1v) is 10.5. The monoisotopic (exact) mass is 456 g/mol. The van der Waals surface area contributed by atoms with Gasteiger partial charge in [-0.3, -0.25) is 0 Å². The fourth-order valence-electron chi connectivity index (χ4n) is 3.47. The summed E-state index contributed by atoms with van der Waals surface area (Å²) < 4.78 is 10.3. The Labute approximate surface area is 196 Å². The molecule has 0 radical (unpaired) electrons. The second kappa shape index (κ2) is 10.3. The minimum atomic E-state index is -0.407. The second-order valence-corrected chi connectivity index (χ2v) is 7.32. The van der Waals surface area contributed by atoms with Gasteiger partial charge in [0.1, 0.15) is 11.5 Å². The minimum absolute atomic E-state index is 0.407. The van der Waals surface area contributed by atoms with Crippen LogP contribution in [0.1, 0.15) is 0 Å². The summed E-state index contributed by atoms with van der Waals surface area (Å²) in [5.74, 6) is 1.40. The molecule has 4 aromatic rings. The Morgan fingerprint density at radius 1 is 0.559 bits per heavy atom. The van der Waals surface area contributed by atoms with Crippen LogP contribution in [0.3, 0.4) is 0 Å². The largest absolute Gasteiger partial charge is 0.497 e. The lowest BCUT2D eigenvalue weighted by atomic mass is 10.1. The Morgan fingerprint density at radius 3 is 1.35 bits per heavy atom. The maximum Gasteiger partial charge on any atom is 0.323 e. The predicted octanol–water partition coefficient (Wildman–Crippen LogP) is 6.15. The molecule has 4 aromatic carbocycles. The Kier molecular flexibility index (Phi) is 6.78. The van der Waals surface area contributed by atoms with Gasteiger partial charge in [-0.1, -0.05) is 24.3 Å². The number of rotatable bonds is 6. The van der Waals surface area contributed by atoms with Crippen LogP contribution < -0.4 is 30.7 Å². The maximum atomic E-state index is 12.6. The smallest absolute Gasteiger partial charge is 0.323 e. The molecule has 0 spiro atoms. The lowest BCUT2D eigenvalue weighted by Crippen LogP contribution is -2.21. The summed E-state index contributed by atoms with van der Waals surface area (Å²) in [5, 5.41) is 12.9. The highest BCUT2D eigenvalue weighted by Gasteiger charge is 2.12. The molecule has 0 aliphatic rings. The highest BCUT2D eigenvalue weighted by molar-refractivity contribution is 6.13. The van der Waals surface area contributed by atoms with Crippen molar-refractivity contribution in [1.29, 1.82) is 0 Å². The number of ether oxygens (including phenoxy) is 2. The molecule has 8 nitrogen and oxygen atoms in total. The Balaban J connectivity index is 1.51. The molecule has 8 heteroatoms. The normalized spacial score (nSPS) is 10.3. The van der Waals surface area contributed by atoms with Crippen molar-refractivity contribution in [2.24, 2.45) is 0 Å². The number of methoxy groups -OCH3 is 2. The van der Waals surface area contributed by atoms with Gasteiger partial charge in [-0.05, 0) is 66.0 Å². The molecule has 0 aliphatic heterocycles. The number of nitrogens with one attached hydrogen (secondary N) is 4. The minimum Gasteiger partial charge on any atom is -0.497 e. The number of fused-ring (bicyclic) bond motifs is 1. The van der Waals surface area contributed by atoms with Crippen LogP contribution >= 0.6 is 0 Å². The van der Waals surface area contributed by atoms with Gasteiger partial charge in [0.25, 0.3) is 0 Å². The number of hydrogen-bond donors (Lipinski definition) is 4. The molecule has 4 rings (SSSR count). The number of amides is 4. The van der Waals surface area contributed by atoms with Gasteiger partial charge in [0.05, 0.1) is 25.6 Å². The van der Waals surface area contributed by atoms with Crippen LogP contribution in [0.5, 0.6) is 11.5 Å². The number of urea groups is 2. The summed E-state index contributed by atoms with van der Waals surface area (Å²) in [4.78, 5) is 25.3. The Bertz CT molecular complexity index is 1210. The average molecular weight is 457 g/mol. The molecule has 0 heterocycles. The van der Waals surface area contributed by atoms with Gasteiger partial charge in [-0.25, -0.2) is 9.59 Å². The second-order valence-electron chi connectivity index (χ2n) is 7.32. The fourth-order valence-corrected chi connectivity index (χ4v) is 3.47. The average Bonchev–Trinajstić information content (AvgIpc) is 2.85. The summed E-state index contributed by atoms with van der Waals surface area (Å²) in [6.45, 7) is 0. The van der Waals surface area contributed by atoms with Crippen molar-refractivity contribution in [1.82, 2.24) is 0 Å². The van der Waals surface area contributed by atoms with Crippen LogP contribution in [-0.2, 0) is 0 Å². The van der Waals surface area contributed by atoms with E-state index in [0.29, 0.717) is 39.6 Å². The molecule has 34 heavy (non-hydrogen) atoms. The van der Waals surface area contributed by atoms with E-state index in [1.165, 1.54) is 0 Å². The molecule has 172 valence electrons. The van der Waals surface area contributed by atoms with Gasteiger partial charge < -0.3 is 30.7 Å². The molecule has 0 unspecified atom stereocenters. The van der Waals surface area contributed by atoms with Crippen molar-refractivity contribution in [3.8, 4) is 11.5 Å². The van der Waals surface area contributed by atoms with Crippen molar-refractivity contribution in [3.63, 3.8) is 0 Å². The third kappa shape index (κ3) is 5.36. The number of carbonyl (C=O) groups is 2. The fraction of sp³-hybridized carbons (Fsp3) is 0.0769. The van der Waals surface area contributed by atoms with Crippen LogP contribution in [0.4, 0.5) is 32.3 Å². The van der Waals surface area contributed by atoms with E-state index >= 15 is 0 Å². The van der Waals surface area contributed by atoms with Crippen LogP contribution in [0.2, 0.25) is 0 Å². The van der Waals surface area contributed by atoms with Crippen LogP contribution in [0.25, 0.3) is 10.8 Å². The lowest BCUT2D eigenvalue weighted by Gasteiger charge is -2.15. The van der Waals surface area contributed by atoms with E-state index in [-0.39, 0.29) is 0 Å². The molecule has 0 atom stereocenters. The third-order valence-corrected chi connectivity index (χ3v) is 5.10. The zero-order chi connectivity index (χ0) is 23.9. The number of carbonyl (C=O) groups excluding carboxylic acids is 2. The molecule has 4 N–H and O–H groups in total. The van der Waals surface area contributed by atoms with E-state index in [1.54, 1.807) is 74.9 Å². The van der Waals surface area contributed by atoms with E-state index in [0.717, 1.165) is 5.39 Å². The summed E-state index contributed by atoms with van der Waals surface area (Å²) in [6.07, 6.45) is 0. The molecule has 0 saturated heterocycles. The molecule has 0 aliphatic carbocycles. The molecule has 4 amide bonds. The van der Waals surface area contributed by atoms with Crippen LogP contribution in [0, 0.1) is 0 Å². The van der Waals surface area contributed by atoms with Crippen molar-refractivity contribution < 1.29 is 19.1 Å². The molecule has 0 aromatic heterocycles. The van der Waals surface area contributed by atoms with Crippen molar-refractivity contribution in [2.45, 2.75) is 0 Å². The van der Waals surface area contributed by atoms with Crippen molar-refractivity contribution in [3.05, 3.63) is 84.9 Å². The first-order chi connectivity index (χ1) is 16.6. The van der Waals surface area contributed by atoms with E-state index in [4.69, 9.17) is 9.47 Å². The Morgan fingerprint density at radius 2 is 0.971 bits per heavy atom. The highest BCUT2D eigenvalue weighted by Crippen LogP contribution is 2.31. The van der Waals surface area contributed by atoms with Crippen molar-refractivity contribution >= 4 is 45.6 Å². The van der Waals surface area contributed by atoms with E-state index in [9.17, 15) is 9.59 Å². The van der Waals surface area contributed by atoms with Gasteiger partial charge in [-0.15, -0.1) is 0 Å². The lowest BCUT2D eigenvalue weighted by molar-refractivity contribution is 0.261. The summed E-state index contributed by atoms with van der Waals surface area (Å²) in [5.41, 5.74) is 2.36. The van der Waals surface area contributed by atoms with Crippen molar-refractivity contribution in [2.75, 3.05) is 35.5 Å². The molecule has 0 saturated carbocycles. The number of benzene rings is 4. The predicted molar refractivity (Wildman–Crippen MR) is 135 cm³/mol. The zero-order valence-corrected chi connectivity index (χ0v) is 18.7. The standard InChI is InChI=1S/C26H24N4O4/c1-33-20-13-9-18(10-14-20)27-25(31)29-22-7-3-5-17-6-4-8-23(24(17)22)30-26(32)28-19-11-15-21(34-2)16-12-19/h3-16H,1-2H3,(H2,27,29,31)(H2,28,30,32). The first-order valence-electron chi connectivity index (χ1n) is 10.5. The van der Waals surface area contributed by atoms with Crippen LogP contribution in [-0.4, -0.2) is 26.3 Å². The van der Waals surface area contributed by atoms with Gasteiger partial charge >= 0.3 is 12.1 Å². The quantitative estimate of drug-likeness (QED) is 0.280. The highest BCUT2D eigenvalue weighted by atomic mass is 16.5. The topological polar surface area (TPSA) is 101 Å². The van der Waals surface area contributed by atoms with E-state index in [1.807, 2.05) is 24.3 Å². The van der Waals surface area contributed by atoms with Gasteiger partial charge in [0.2, 0.25) is 0 Å². The first kappa shape index (κ1) is 22.5. The number of hydrogen-bond acceptors (Lipinski definition) is 4. The molecule has 0 fully saturated rings. The van der Waals surface area contributed by atoms with E-state index in [2.05, 4.69) is 21.3 Å². The molecular formula is C26H24N4O4. The van der Waals surface area contributed by atoms with E-state index < -0.39 is 12.1 Å². The Hall–Kier alpha value is -4.72. The van der Waals surface area contributed by atoms with Crippen LogP contribution in [0.15, 0.2) is 84.9 Å².